The largest absolute Gasteiger partial charge is 0.239 e. The third-order valence-corrected chi connectivity index (χ3v) is 2.99. The van der Waals surface area contributed by atoms with Crippen LogP contribution in [0, 0.1) is 0 Å². The molecule has 0 spiro atoms. The zero-order valence-corrected chi connectivity index (χ0v) is 9.25. The molecule has 4 heteroatoms. The van der Waals surface area contributed by atoms with Gasteiger partial charge in [0.05, 0.1) is 0 Å². The van der Waals surface area contributed by atoms with Crippen molar-refractivity contribution in [3.05, 3.63) is 28.7 Å². The lowest BCUT2D eigenvalue weighted by Gasteiger charge is -2.00. The summed E-state index contributed by atoms with van der Waals surface area (Å²) in [6.07, 6.45) is -2.23. The first-order valence-electron chi connectivity index (χ1n) is 3.85. The van der Waals surface area contributed by atoms with Gasteiger partial charge in [0.1, 0.15) is 0 Å². The summed E-state index contributed by atoms with van der Waals surface area (Å²) in [4.78, 5) is 1.03. The summed E-state index contributed by atoms with van der Waals surface area (Å²) in [5.41, 5.74) is 0. The second-order valence-corrected chi connectivity index (χ2v) is 4.57. The fraction of sp³-hybridized carbons (Fsp3) is 0.333. The fourth-order valence-electron chi connectivity index (χ4n) is 0.797. The minimum atomic E-state index is -2.19. The highest BCUT2D eigenvalue weighted by Crippen LogP contribution is 2.22. The molecule has 0 N–H and O–H groups in total. The fourth-order valence-corrected chi connectivity index (χ4v) is 1.92. The van der Waals surface area contributed by atoms with E-state index in [0.717, 1.165) is 9.37 Å². The van der Waals surface area contributed by atoms with Crippen molar-refractivity contribution < 1.29 is 8.78 Å². The lowest BCUT2D eigenvalue weighted by molar-refractivity contribution is 0.145. The Kier molecular flexibility index (Phi) is 4.73. The monoisotopic (exact) mass is 266 g/mol. The molecule has 0 aromatic heterocycles. The third kappa shape index (κ3) is 4.62. The summed E-state index contributed by atoms with van der Waals surface area (Å²) >= 11 is 4.76. The lowest BCUT2D eigenvalue weighted by Crippen LogP contribution is -1.91. The molecule has 0 saturated carbocycles. The first-order chi connectivity index (χ1) is 6.18. The van der Waals surface area contributed by atoms with E-state index in [1.54, 1.807) is 0 Å². The molecule has 1 aromatic rings. The standard InChI is InChI=1S/C9H9BrF2S/c10-7-1-3-8(4-2-7)13-6-5-9(11)12/h1-4,9H,5-6H2. The predicted molar refractivity (Wildman–Crippen MR) is 55.5 cm³/mol. The molecule has 0 saturated heterocycles. The molecule has 0 fully saturated rings. The molecule has 1 rings (SSSR count). The van der Waals surface area contributed by atoms with E-state index in [2.05, 4.69) is 15.9 Å². The van der Waals surface area contributed by atoms with Crippen LogP contribution in [0.3, 0.4) is 0 Å². The van der Waals surface area contributed by atoms with Gasteiger partial charge >= 0.3 is 0 Å². The van der Waals surface area contributed by atoms with Crippen molar-refractivity contribution in [3.63, 3.8) is 0 Å². The molecular weight excluding hydrogens is 258 g/mol. The van der Waals surface area contributed by atoms with Gasteiger partial charge in [-0.3, -0.25) is 0 Å². The molecule has 13 heavy (non-hydrogen) atoms. The maximum Gasteiger partial charge on any atom is 0.239 e. The van der Waals surface area contributed by atoms with Crippen molar-refractivity contribution >= 4 is 27.7 Å². The van der Waals surface area contributed by atoms with Crippen molar-refractivity contribution in [1.82, 2.24) is 0 Å². The molecule has 0 aliphatic carbocycles. The van der Waals surface area contributed by atoms with E-state index in [9.17, 15) is 8.78 Å². The van der Waals surface area contributed by atoms with E-state index in [1.807, 2.05) is 24.3 Å². The number of rotatable bonds is 4. The minimum Gasteiger partial charge on any atom is -0.211 e. The van der Waals surface area contributed by atoms with Gasteiger partial charge in [0.15, 0.2) is 0 Å². The average Bonchev–Trinajstić information content (AvgIpc) is 2.08. The van der Waals surface area contributed by atoms with Crippen LogP contribution in [0.25, 0.3) is 0 Å². The van der Waals surface area contributed by atoms with Crippen LogP contribution in [0.1, 0.15) is 6.42 Å². The Morgan fingerprint density at radius 1 is 1.23 bits per heavy atom. The van der Waals surface area contributed by atoms with Gasteiger partial charge < -0.3 is 0 Å². The van der Waals surface area contributed by atoms with Gasteiger partial charge in [-0.25, -0.2) is 8.78 Å². The molecule has 0 aliphatic rings. The summed E-state index contributed by atoms with van der Waals surface area (Å²) in [6, 6.07) is 7.65. The van der Waals surface area contributed by atoms with Gasteiger partial charge in [-0.2, -0.15) is 0 Å². The van der Waals surface area contributed by atoms with Crippen molar-refractivity contribution in [1.29, 1.82) is 0 Å². The molecule has 0 radical (unpaired) electrons. The van der Waals surface area contributed by atoms with E-state index in [1.165, 1.54) is 11.8 Å². The molecular formula is C9H9BrF2S. The van der Waals surface area contributed by atoms with E-state index in [-0.39, 0.29) is 6.42 Å². The van der Waals surface area contributed by atoms with Gasteiger partial charge in [0.25, 0.3) is 0 Å². The molecule has 0 amide bonds. The Labute approximate surface area is 88.8 Å². The predicted octanol–water partition coefficient (Wildman–Crippen LogP) is 4.20. The Balaban J connectivity index is 2.33. The molecule has 72 valence electrons. The smallest absolute Gasteiger partial charge is 0.211 e. The highest BCUT2D eigenvalue weighted by atomic mass is 79.9. The number of hydrogen-bond acceptors (Lipinski definition) is 1. The van der Waals surface area contributed by atoms with Crippen LogP contribution < -0.4 is 0 Å². The third-order valence-electron chi connectivity index (χ3n) is 1.42. The summed E-state index contributed by atoms with van der Waals surface area (Å²) in [6.45, 7) is 0. The lowest BCUT2D eigenvalue weighted by atomic mass is 10.4. The number of halogens is 3. The topological polar surface area (TPSA) is 0 Å². The maximum absolute atomic E-state index is 11.8. The number of hydrogen-bond donors (Lipinski definition) is 0. The average molecular weight is 267 g/mol. The van der Waals surface area contributed by atoms with E-state index >= 15 is 0 Å². The summed E-state index contributed by atoms with van der Waals surface area (Å²) in [5.74, 6) is 0.472. The number of thioether (sulfide) groups is 1. The van der Waals surface area contributed by atoms with Crippen molar-refractivity contribution in [2.75, 3.05) is 5.75 Å². The number of benzene rings is 1. The number of alkyl halides is 2. The van der Waals surface area contributed by atoms with Crippen LogP contribution in [0.5, 0.6) is 0 Å². The quantitative estimate of drug-likeness (QED) is 0.737. The van der Waals surface area contributed by atoms with Crippen LogP contribution in [-0.4, -0.2) is 12.2 Å². The Morgan fingerprint density at radius 2 is 1.85 bits per heavy atom. The first kappa shape index (κ1) is 11.0. The normalized spacial score (nSPS) is 10.8. The molecule has 0 nitrogen and oxygen atoms in total. The zero-order chi connectivity index (χ0) is 9.68. The van der Waals surface area contributed by atoms with Crippen LogP contribution in [0.2, 0.25) is 0 Å². The van der Waals surface area contributed by atoms with Gasteiger partial charge in [-0.15, -0.1) is 11.8 Å². The summed E-state index contributed by atoms with van der Waals surface area (Å²) in [7, 11) is 0. The van der Waals surface area contributed by atoms with Gasteiger partial charge in [0, 0.05) is 21.5 Å². The SMILES string of the molecule is FC(F)CCSc1ccc(Br)cc1. The van der Waals surface area contributed by atoms with Crippen LogP contribution in [0.15, 0.2) is 33.6 Å². The van der Waals surface area contributed by atoms with Crippen molar-refractivity contribution in [2.24, 2.45) is 0 Å². The first-order valence-corrected chi connectivity index (χ1v) is 5.63. The maximum atomic E-state index is 11.8. The Hall–Kier alpha value is -0.0900. The van der Waals surface area contributed by atoms with Gasteiger partial charge in [-0.1, -0.05) is 15.9 Å². The Morgan fingerprint density at radius 3 is 2.38 bits per heavy atom. The molecule has 1 aromatic carbocycles. The van der Waals surface area contributed by atoms with Crippen molar-refractivity contribution in [2.45, 2.75) is 17.7 Å². The van der Waals surface area contributed by atoms with Crippen LogP contribution in [0.4, 0.5) is 8.78 Å². The van der Waals surface area contributed by atoms with Crippen molar-refractivity contribution in [3.8, 4) is 0 Å². The molecule has 0 bridgehead atoms. The highest BCUT2D eigenvalue weighted by molar-refractivity contribution is 9.10. The second kappa shape index (κ2) is 5.60. The van der Waals surface area contributed by atoms with E-state index in [4.69, 9.17) is 0 Å². The van der Waals surface area contributed by atoms with Gasteiger partial charge in [-0.05, 0) is 24.3 Å². The molecule has 0 aliphatic heterocycles. The van der Waals surface area contributed by atoms with E-state index in [0.29, 0.717) is 5.75 Å². The summed E-state index contributed by atoms with van der Waals surface area (Å²) < 4.78 is 24.6. The molecule has 0 atom stereocenters. The van der Waals surface area contributed by atoms with Crippen LogP contribution in [-0.2, 0) is 0 Å². The second-order valence-electron chi connectivity index (χ2n) is 2.48. The minimum absolute atomic E-state index is 0.0409. The summed E-state index contributed by atoms with van der Waals surface area (Å²) in [5, 5.41) is 0. The van der Waals surface area contributed by atoms with Gasteiger partial charge in [0.2, 0.25) is 6.43 Å². The highest BCUT2D eigenvalue weighted by Gasteiger charge is 2.02. The Bertz CT molecular complexity index is 248. The van der Waals surface area contributed by atoms with Crippen LogP contribution >= 0.6 is 27.7 Å². The zero-order valence-electron chi connectivity index (χ0n) is 6.84. The molecule has 0 unspecified atom stereocenters. The molecule has 0 heterocycles. The van der Waals surface area contributed by atoms with E-state index < -0.39 is 6.43 Å².